The van der Waals surface area contributed by atoms with Gasteiger partial charge in [0.05, 0.1) is 11.1 Å². The van der Waals surface area contributed by atoms with Gasteiger partial charge in [0.1, 0.15) is 5.75 Å². The van der Waals surface area contributed by atoms with Crippen molar-refractivity contribution in [3.63, 3.8) is 0 Å². The van der Waals surface area contributed by atoms with Crippen LogP contribution in [0.25, 0.3) is 0 Å². The first-order valence-electron chi connectivity index (χ1n) is 6.70. The van der Waals surface area contributed by atoms with E-state index in [1.807, 2.05) is 30.3 Å². The van der Waals surface area contributed by atoms with E-state index in [4.69, 9.17) is 4.74 Å². The Balaban J connectivity index is 2.15. The molecular weight excluding hydrogens is 462 g/mol. The lowest BCUT2D eigenvalue weighted by Gasteiger charge is -2.15. The summed E-state index contributed by atoms with van der Waals surface area (Å²) in [6, 6.07) is 12.2. The van der Waals surface area contributed by atoms with Crippen molar-refractivity contribution in [2.45, 2.75) is 19.9 Å². The molecule has 0 bridgehead atoms. The van der Waals surface area contributed by atoms with Crippen molar-refractivity contribution in [2.75, 3.05) is 11.9 Å². The van der Waals surface area contributed by atoms with Crippen LogP contribution in [0.15, 0.2) is 49.8 Å². The van der Waals surface area contributed by atoms with E-state index in [0.717, 1.165) is 36.8 Å². The SMILES string of the molecule is CCCOc1c(Br)cc(Br)cc1CNc1ccc(Br)cc1. The monoisotopic (exact) mass is 475 g/mol. The maximum Gasteiger partial charge on any atom is 0.138 e. The Morgan fingerprint density at radius 2 is 1.71 bits per heavy atom. The number of halogens is 3. The molecule has 0 aromatic heterocycles. The summed E-state index contributed by atoms with van der Waals surface area (Å²) in [5, 5.41) is 3.42. The van der Waals surface area contributed by atoms with E-state index in [2.05, 4.69) is 66.1 Å². The number of hydrogen-bond donors (Lipinski definition) is 1. The van der Waals surface area contributed by atoms with Crippen LogP contribution in [0.4, 0.5) is 5.69 Å². The fourth-order valence-electron chi connectivity index (χ4n) is 1.88. The van der Waals surface area contributed by atoms with Gasteiger partial charge in [0.25, 0.3) is 0 Å². The highest BCUT2D eigenvalue weighted by Crippen LogP contribution is 2.33. The predicted octanol–water partition coefficient (Wildman–Crippen LogP) is 6.38. The minimum absolute atomic E-state index is 0.707. The van der Waals surface area contributed by atoms with E-state index in [-0.39, 0.29) is 0 Å². The first-order valence-corrected chi connectivity index (χ1v) is 9.08. The van der Waals surface area contributed by atoms with Crippen molar-refractivity contribution in [3.8, 4) is 5.75 Å². The van der Waals surface area contributed by atoms with Crippen molar-refractivity contribution in [2.24, 2.45) is 0 Å². The maximum atomic E-state index is 5.86. The maximum absolute atomic E-state index is 5.86. The second-order valence-corrected chi connectivity index (χ2v) is 7.27. The number of rotatable bonds is 6. The van der Waals surface area contributed by atoms with Gasteiger partial charge in [0.15, 0.2) is 0 Å². The third kappa shape index (κ3) is 5.01. The van der Waals surface area contributed by atoms with Crippen molar-refractivity contribution < 1.29 is 4.74 Å². The Hall–Kier alpha value is -0.520. The van der Waals surface area contributed by atoms with Crippen molar-refractivity contribution in [1.82, 2.24) is 0 Å². The molecule has 0 atom stereocenters. The molecule has 112 valence electrons. The number of ether oxygens (including phenoxy) is 1. The Labute approximate surface area is 150 Å². The highest BCUT2D eigenvalue weighted by atomic mass is 79.9. The van der Waals surface area contributed by atoms with E-state index >= 15 is 0 Å². The zero-order chi connectivity index (χ0) is 15.2. The smallest absolute Gasteiger partial charge is 0.138 e. The Bertz CT molecular complexity index is 599. The van der Waals surface area contributed by atoms with Crippen molar-refractivity contribution in [3.05, 3.63) is 55.4 Å². The fraction of sp³-hybridized carbons (Fsp3) is 0.250. The lowest BCUT2D eigenvalue weighted by molar-refractivity contribution is 0.312. The topological polar surface area (TPSA) is 21.3 Å². The summed E-state index contributed by atoms with van der Waals surface area (Å²) in [4.78, 5) is 0. The van der Waals surface area contributed by atoms with Crippen LogP contribution < -0.4 is 10.1 Å². The van der Waals surface area contributed by atoms with Crippen LogP contribution in [-0.4, -0.2) is 6.61 Å². The number of nitrogens with one attached hydrogen (secondary N) is 1. The zero-order valence-corrected chi connectivity index (χ0v) is 16.4. The first-order chi connectivity index (χ1) is 10.1. The molecule has 0 saturated carbocycles. The summed E-state index contributed by atoms with van der Waals surface area (Å²) in [7, 11) is 0. The van der Waals surface area contributed by atoms with Crippen LogP contribution in [0.1, 0.15) is 18.9 Å². The molecule has 0 saturated heterocycles. The summed E-state index contributed by atoms with van der Waals surface area (Å²) >= 11 is 10.5. The summed E-state index contributed by atoms with van der Waals surface area (Å²) in [6.45, 7) is 3.52. The molecule has 2 aromatic rings. The molecule has 5 heteroatoms. The zero-order valence-electron chi connectivity index (χ0n) is 11.6. The highest BCUT2D eigenvalue weighted by molar-refractivity contribution is 9.11. The quantitative estimate of drug-likeness (QED) is 0.521. The summed E-state index contributed by atoms with van der Waals surface area (Å²) < 4.78 is 8.94. The molecule has 0 aliphatic rings. The first kappa shape index (κ1) is 16.8. The summed E-state index contributed by atoms with van der Waals surface area (Å²) in [5.74, 6) is 0.907. The van der Waals surface area contributed by atoms with Gasteiger partial charge in [0.2, 0.25) is 0 Å². The van der Waals surface area contributed by atoms with Gasteiger partial charge in [-0.05, 0) is 58.7 Å². The lowest BCUT2D eigenvalue weighted by atomic mass is 10.2. The molecule has 0 aliphatic carbocycles. The molecule has 0 fully saturated rings. The molecule has 2 aromatic carbocycles. The Morgan fingerprint density at radius 1 is 1.00 bits per heavy atom. The molecule has 0 unspecified atom stereocenters. The molecule has 0 radical (unpaired) electrons. The average Bonchev–Trinajstić information content (AvgIpc) is 2.45. The van der Waals surface area contributed by atoms with E-state index in [0.29, 0.717) is 13.2 Å². The van der Waals surface area contributed by atoms with Crippen LogP contribution in [0.3, 0.4) is 0 Å². The molecule has 21 heavy (non-hydrogen) atoms. The molecular formula is C16H16Br3NO. The second kappa shape index (κ2) is 8.20. The predicted molar refractivity (Wildman–Crippen MR) is 99.1 cm³/mol. The largest absolute Gasteiger partial charge is 0.492 e. The van der Waals surface area contributed by atoms with E-state index in [1.54, 1.807) is 0 Å². The minimum Gasteiger partial charge on any atom is -0.492 e. The number of hydrogen-bond acceptors (Lipinski definition) is 2. The molecule has 2 nitrogen and oxygen atoms in total. The van der Waals surface area contributed by atoms with Gasteiger partial charge >= 0.3 is 0 Å². The molecule has 0 aliphatic heterocycles. The molecule has 0 spiro atoms. The highest BCUT2D eigenvalue weighted by Gasteiger charge is 2.10. The van der Waals surface area contributed by atoms with Crippen LogP contribution in [0.2, 0.25) is 0 Å². The van der Waals surface area contributed by atoms with Gasteiger partial charge in [-0.2, -0.15) is 0 Å². The molecule has 1 N–H and O–H groups in total. The molecule has 2 rings (SSSR count). The minimum atomic E-state index is 0.707. The number of anilines is 1. The standard InChI is InChI=1S/C16H16Br3NO/c1-2-7-21-16-11(8-13(18)9-15(16)19)10-20-14-5-3-12(17)4-6-14/h3-6,8-9,20H,2,7,10H2,1H3. The van der Waals surface area contributed by atoms with Crippen molar-refractivity contribution >= 4 is 53.5 Å². The third-order valence-corrected chi connectivity index (χ3v) is 4.44. The van der Waals surface area contributed by atoms with Crippen LogP contribution in [0, 0.1) is 0 Å². The van der Waals surface area contributed by atoms with Gasteiger partial charge in [-0.3, -0.25) is 0 Å². The van der Waals surface area contributed by atoms with Gasteiger partial charge < -0.3 is 10.1 Å². The van der Waals surface area contributed by atoms with E-state index < -0.39 is 0 Å². The fourth-order valence-corrected chi connectivity index (χ4v) is 3.57. The average molecular weight is 478 g/mol. The van der Waals surface area contributed by atoms with Crippen LogP contribution in [0.5, 0.6) is 5.75 Å². The Kier molecular flexibility index (Phi) is 6.58. The normalized spacial score (nSPS) is 10.5. The lowest BCUT2D eigenvalue weighted by Crippen LogP contribution is -2.05. The van der Waals surface area contributed by atoms with Crippen molar-refractivity contribution in [1.29, 1.82) is 0 Å². The summed E-state index contributed by atoms with van der Waals surface area (Å²) in [6.07, 6.45) is 0.988. The van der Waals surface area contributed by atoms with Gasteiger partial charge in [0, 0.05) is 26.7 Å². The second-order valence-electron chi connectivity index (χ2n) is 4.58. The van der Waals surface area contributed by atoms with Crippen LogP contribution in [-0.2, 0) is 6.54 Å². The number of benzene rings is 2. The van der Waals surface area contributed by atoms with E-state index in [9.17, 15) is 0 Å². The van der Waals surface area contributed by atoms with Gasteiger partial charge in [-0.25, -0.2) is 0 Å². The molecule has 0 heterocycles. The van der Waals surface area contributed by atoms with Crippen LogP contribution >= 0.6 is 47.8 Å². The Morgan fingerprint density at radius 3 is 2.38 bits per heavy atom. The third-order valence-electron chi connectivity index (χ3n) is 2.86. The van der Waals surface area contributed by atoms with E-state index in [1.165, 1.54) is 0 Å². The van der Waals surface area contributed by atoms with Gasteiger partial charge in [-0.15, -0.1) is 0 Å². The molecule has 0 amide bonds. The van der Waals surface area contributed by atoms with Gasteiger partial charge in [-0.1, -0.05) is 38.8 Å². The summed E-state index contributed by atoms with van der Waals surface area (Å²) in [5.41, 5.74) is 2.20.